The van der Waals surface area contributed by atoms with Crippen molar-refractivity contribution in [2.75, 3.05) is 41.9 Å². The predicted octanol–water partition coefficient (Wildman–Crippen LogP) is 4.19. The highest BCUT2D eigenvalue weighted by Gasteiger charge is 2.31. The zero-order valence-electron chi connectivity index (χ0n) is 18.4. The second-order valence-electron chi connectivity index (χ2n) is 7.96. The zero-order chi connectivity index (χ0) is 23.4. The van der Waals surface area contributed by atoms with E-state index < -0.39 is 10.0 Å². The SMILES string of the molecule is Cc1cc(Cl)ccc1N(CC(=O)N1CCN(c2ccccc2)CC1)S(=O)(=O)c1ccccc1. The Balaban J connectivity index is 1.56. The first-order valence-electron chi connectivity index (χ1n) is 10.8. The summed E-state index contributed by atoms with van der Waals surface area (Å²) in [6, 6.07) is 23.2. The molecule has 1 aliphatic heterocycles. The fourth-order valence-electron chi connectivity index (χ4n) is 3.99. The molecule has 0 bridgehead atoms. The van der Waals surface area contributed by atoms with Crippen LogP contribution in [0.3, 0.4) is 0 Å². The van der Waals surface area contributed by atoms with Crippen LogP contribution in [-0.4, -0.2) is 51.9 Å². The van der Waals surface area contributed by atoms with Crippen LogP contribution in [0.5, 0.6) is 0 Å². The molecule has 1 fully saturated rings. The molecular formula is C25H26ClN3O3S. The third kappa shape index (κ3) is 5.15. The van der Waals surface area contributed by atoms with Crippen molar-refractivity contribution in [3.05, 3.63) is 89.4 Å². The van der Waals surface area contributed by atoms with Gasteiger partial charge in [0, 0.05) is 36.9 Å². The molecule has 33 heavy (non-hydrogen) atoms. The molecule has 0 spiro atoms. The summed E-state index contributed by atoms with van der Waals surface area (Å²) in [5.74, 6) is -0.225. The molecule has 4 rings (SSSR count). The van der Waals surface area contributed by atoms with Crippen molar-refractivity contribution < 1.29 is 13.2 Å². The number of amides is 1. The number of carbonyl (C=O) groups is 1. The van der Waals surface area contributed by atoms with Crippen LogP contribution in [0, 0.1) is 6.92 Å². The number of carbonyl (C=O) groups excluding carboxylic acids is 1. The highest BCUT2D eigenvalue weighted by Crippen LogP contribution is 2.29. The van der Waals surface area contributed by atoms with E-state index in [4.69, 9.17) is 11.6 Å². The maximum absolute atomic E-state index is 13.5. The number of nitrogens with zero attached hydrogens (tertiary/aromatic N) is 3. The average molecular weight is 484 g/mol. The standard InChI is InChI=1S/C25H26ClN3O3S/c1-20-18-21(26)12-13-24(20)29(33(31,32)23-10-6-3-7-11-23)19-25(30)28-16-14-27(15-17-28)22-8-4-2-5-9-22/h2-13,18H,14-17,19H2,1H3. The number of benzene rings is 3. The number of rotatable bonds is 6. The van der Waals surface area contributed by atoms with E-state index in [1.807, 2.05) is 18.2 Å². The molecule has 0 saturated carbocycles. The summed E-state index contributed by atoms with van der Waals surface area (Å²) in [6.07, 6.45) is 0. The molecule has 0 aliphatic carbocycles. The first-order chi connectivity index (χ1) is 15.9. The monoisotopic (exact) mass is 483 g/mol. The van der Waals surface area contributed by atoms with Crippen molar-refractivity contribution in [3.8, 4) is 0 Å². The minimum Gasteiger partial charge on any atom is -0.368 e. The van der Waals surface area contributed by atoms with Gasteiger partial charge in [0.2, 0.25) is 5.91 Å². The van der Waals surface area contributed by atoms with Crippen molar-refractivity contribution in [1.29, 1.82) is 0 Å². The van der Waals surface area contributed by atoms with Crippen molar-refractivity contribution in [2.24, 2.45) is 0 Å². The number of anilines is 2. The third-order valence-corrected chi connectivity index (χ3v) is 7.80. The first-order valence-corrected chi connectivity index (χ1v) is 12.6. The highest BCUT2D eigenvalue weighted by atomic mass is 35.5. The summed E-state index contributed by atoms with van der Waals surface area (Å²) >= 11 is 6.10. The number of piperazine rings is 1. The summed E-state index contributed by atoms with van der Waals surface area (Å²) in [5.41, 5.74) is 2.25. The van der Waals surface area contributed by atoms with E-state index in [0.29, 0.717) is 42.5 Å². The molecule has 0 atom stereocenters. The van der Waals surface area contributed by atoms with E-state index in [-0.39, 0.29) is 17.3 Å². The molecule has 0 unspecified atom stereocenters. The normalized spacial score (nSPS) is 14.2. The lowest BCUT2D eigenvalue weighted by Gasteiger charge is -2.37. The van der Waals surface area contributed by atoms with Crippen LogP contribution in [0.1, 0.15) is 5.56 Å². The Bertz CT molecular complexity index is 1210. The quantitative estimate of drug-likeness (QED) is 0.527. The van der Waals surface area contributed by atoms with Crippen LogP contribution >= 0.6 is 11.6 Å². The first kappa shape index (κ1) is 23.1. The summed E-state index contributed by atoms with van der Waals surface area (Å²) in [7, 11) is -3.94. The van der Waals surface area contributed by atoms with Crippen molar-refractivity contribution in [3.63, 3.8) is 0 Å². The Labute approximate surface area is 200 Å². The largest absolute Gasteiger partial charge is 0.368 e. The summed E-state index contributed by atoms with van der Waals surface area (Å²) in [4.78, 5) is 17.4. The van der Waals surface area contributed by atoms with Gasteiger partial charge in [-0.25, -0.2) is 8.42 Å². The zero-order valence-corrected chi connectivity index (χ0v) is 20.0. The van der Waals surface area contributed by atoms with Gasteiger partial charge in [0.05, 0.1) is 10.6 Å². The van der Waals surface area contributed by atoms with Crippen LogP contribution in [0.25, 0.3) is 0 Å². The summed E-state index contributed by atoms with van der Waals surface area (Å²) in [6.45, 7) is 3.98. The van der Waals surface area contributed by atoms with E-state index in [9.17, 15) is 13.2 Å². The summed E-state index contributed by atoms with van der Waals surface area (Å²) in [5, 5.41) is 0.511. The van der Waals surface area contributed by atoms with E-state index in [1.54, 1.807) is 48.2 Å². The van der Waals surface area contributed by atoms with Gasteiger partial charge in [-0.2, -0.15) is 0 Å². The van der Waals surface area contributed by atoms with Gasteiger partial charge < -0.3 is 9.80 Å². The van der Waals surface area contributed by atoms with Crippen LogP contribution in [0.15, 0.2) is 83.8 Å². The minimum absolute atomic E-state index is 0.140. The second-order valence-corrected chi connectivity index (χ2v) is 10.3. The average Bonchev–Trinajstić information content (AvgIpc) is 2.84. The van der Waals surface area contributed by atoms with Crippen molar-refractivity contribution in [1.82, 2.24) is 4.90 Å². The van der Waals surface area contributed by atoms with Crippen LogP contribution < -0.4 is 9.21 Å². The van der Waals surface area contributed by atoms with Gasteiger partial charge in [0.1, 0.15) is 6.54 Å². The number of sulfonamides is 1. The Hall–Kier alpha value is -3.03. The fourth-order valence-corrected chi connectivity index (χ4v) is 5.72. The lowest BCUT2D eigenvalue weighted by atomic mass is 10.2. The van der Waals surface area contributed by atoms with Gasteiger partial charge in [-0.15, -0.1) is 0 Å². The van der Waals surface area contributed by atoms with Gasteiger partial charge in [-0.3, -0.25) is 9.10 Å². The summed E-state index contributed by atoms with van der Waals surface area (Å²) < 4.78 is 28.3. The van der Waals surface area contributed by atoms with Gasteiger partial charge in [-0.05, 0) is 55.0 Å². The number of aryl methyl sites for hydroxylation is 1. The molecule has 3 aromatic rings. The molecule has 1 amide bonds. The Morgan fingerprint density at radius 1 is 0.909 bits per heavy atom. The number of halogens is 1. The lowest BCUT2D eigenvalue weighted by Crippen LogP contribution is -2.52. The van der Waals surface area contributed by atoms with Crippen molar-refractivity contribution in [2.45, 2.75) is 11.8 Å². The van der Waals surface area contributed by atoms with Crippen LogP contribution in [0.4, 0.5) is 11.4 Å². The molecule has 1 heterocycles. The molecular weight excluding hydrogens is 458 g/mol. The molecule has 172 valence electrons. The topological polar surface area (TPSA) is 60.9 Å². The predicted molar refractivity (Wildman–Crippen MR) is 132 cm³/mol. The van der Waals surface area contributed by atoms with E-state index in [2.05, 4.69) is 17.0 Å². The van der Waals surface area contributed by atoms with Gasteiger partial charge >= 0.3 is 0 Å². The molecule has 8 heteroatoms. The van der Waals surface area contributed by atoms with E-state index >= 15 is 0 Å². The van der Waals surface area contributed by atoms with Gasteiger partial charge in [-0.1, -0.05) is 48.0 Å². The molecule has 3 aromatic carbocycles. The van der Waals surface area contributed by atoms with Crippen molar-refractivity contribution >= 4 is 38.9 Å². The van der Waals surface area contributed by atoms with Crippen LogP contribution in [0.2, 0.25) is 5.02 Å². The fraction of sp³-hybridized carbons (Fsp3) is 0.240. The van der Waals surface area contributed by atoms with Crippen LogP contribution in [-0.2, 0) is 14.8 Å². The third-order valence-electron chi connectivity index (χ3n) is 5.79. The van der Waals surface area contributed by atoms with Gasteiger partial charge in [0.25, 0.3) is 10.0 Å². The van der Waals surface area contributed by atoms with Gasteiger partial charge in [0.15, 0.2) is 0 Å². The number of para-hydroxylation sites is 1. The molecule has 1 aliphatic rings. The Morgan fingerprint density at radius 3 is 2.12 bits per heavy atom. The number of hydrogen-bond acceptors (Lipinski definition) is 4. The maximum atomic E-state index is 13.5. The highest BCUT2D eigenvalue weighted by molar-refractivity contribution is 7.92. The smallest absolute Gasteiger partial charge is 0.264 e. The molecule has 0 aromatic heterocycles. The minimum atomic E-state index is -3.94. The second kappa shape index (κ2) is 9.85. The molecule has 0 N–H and O–H groups in total. The Kier molecular flexibility index (Phi) is 6.91. The maximum Gasteiger partial charge on any atom is 0.264 e. The van der Waals surface area contributed by atoms with E-state index in [0.717, 1.165) is 5.69 Å². The lowest BCUT2D eigenvalue weighted by molar-refractivity contribution is -0.129. The molecule has 1 saturated heterocycles. The number of hydrogen-bond donors (Lipinski definition) is 0. The molecule has 0 radical (unpaired) electrons. The Morgan fingerprint density at radius 2 is 1.52 bits per heavy atom. The molecule has 6 nitrogen and oxygen atoms in total. The van der Waals surface area contributed by atoms with E-state index in [1.165, 1.54) is 16.4 Å².